The van der Waals surface area contributed by atoms with Crippen LogP contribution in [0.25, 0.3) is 0 Å². The maximum Gasteiger partial charge on any atom is 0.243 e. The molecule has 1 heterocycles. The molecule has 6 nitrogen and oxygen atoms in total. The molecule has 0 aromatic heterocycles. The predicted octanol–water partition coefficient (Wildman–Crippen LogP) is 0.626. The van der Waals surface area contributed by atoms with Gasteiger partial charge in [0.2, 0.25) is 10.0 Å². The minimum absolute atomic E-state index is 0.0512. The van der Waals surface area contributed by atoms with Gasteiger partial charge in [-0.25, -0.2) is 16.8 Å². The van der Waals surface area contributed by atoms with Gasteiger partial charge >= 0.3 is 0 Å². The molecule has 1 saturated heterocycles. The topological polar surface area (TPSA) is 91.8 Å². The number of piperidine rings is 1. The molecule has 1 N–H and O–H groups in total. The Labute approximate surface area is 125 Å². The van der Waals surface area contributed by atoms with Crippen LogP contribution in [0.5, 0.6) is 0 Å². The quantitative estimate of drug-likeness (QED) is 0.872. The van der Waals surface area contributed by atoms with Gasteiger partial charge in [0.25, 0.3) is 0 Å². The highest BCUT2D eigenvalue weighted by Gasteiger charge is 2.33. The van der Waals surface area contributed by atoms with E-state index in [1.165, 1.54) is 28.6 Å². The minimum atomic E-state index is -3.71. The summed E-state index contributed by atoms with van der Waals surface area (Å²) in [6, 6.07) is 4.78. The van der Waals surface area contributed by atoms with Crippen LogP contribution in [0.1, 0.15) is 19.3 Å². The van der Waals surface area contributed by atoms with Gasteiger partial charge in [-0.3, -0.25) is 0 Å². The highest BCUT2D eigenvalue weighted by atomic mass is 32.2. The molecule has 2 rings (SSSR count). The zero-order valence-corrected chi connectivity index (χ0v) is 13.4. The molecule has 1 aromatic rings. The standard InChI is InChI=1S/C13H19NO5S2/c1-20(16,17)12-5-7-13(8-6-12)21(18,19)14-9-3-2-4-11(14)10-15/h5-8,11,15H,2-4,9-10H2,1H3. The SMILES string of the molecule is CS(=O)(=O)c1ccc(S(=O)(=O)N2CCCCC2CO)cc1. The average Bonchev–Trinajstić information content (AvgIpc) is 2.46. The molecule has 0 radical (unpaired) electrons. The van der Waals surface area contributed by atoms with E-state index in [4.69, 9.17) is 0 Å². The number of rotatable bonds is 4. The zero-order valence-electron chi connectivity index (χ0n) is 11.8. The van der Waals surface area contributed by atoms with E-state index >= 15 is 0 Å². The maximum absolute atomic E-state index is 12.6. The van der Waals surface area contributed by atoms with E-state index in [0.29, 0.717) is 13.0 Å². The first-order chi connectivity index (χ1) is 9.76. The van der Waals surface area contributed by atoms with Gasteiger partial charge in [0.15, 0.2) is 9.84 Å². The van der Waals surface area contributed by atoms with Crippen LogP contribution >= 0.6 is 0 Å². The van der Waals surface area contributed by atoms with E-state index in [0.717, 1.165) is 19.1 Å². The average molecular weight is 333 g/mol. The number of sulfonamides is 1. The second-order valence-electron chi connectivity index (χ2n) is 5.19. The second-order valence-corrected chi connectivity index (χ2v) is 9.10. The van der Waals surface area contributed by atoms with Gasteiger partial charge in [-0.15, -0.1) is 0 Å². The van der Waals surface area contributed by atoms with Crippen molar-refractivity contribution >= 4 is 19.9 Å². The number of aliphatic hydroxyl groups excluding tert-OH is 1. The summed E-state index contributed by atoms with van der Waals surface area (Å²) in [4.78, 5) is 0.133. The van der Waals surface area contributed by atoms with Crippen LogP contribution in [0.2, 0.25) is 0 Å². The van der Waals surface area contributed by atoms with Crippen LogP contribution < -0.4 is 0 Å². The fourth-order valence-electron chi connectivity index (χ4n) is 2.47. The molecule has 0 amide bonds. The molecule has 118 valence electrons. The van der Waals surface area contributed by atoms with Gasteiger partial charge < -0.3 is 5.11 Å². The van der Waals surface area contributed by atoms with Crippen molar-refractivity contribution in [2.75, 3.05) is 19.4 Å². The third kappa shape index (κ3) is 3.45. The first kappa shape index (κ1) is 16.4. The fraction of sp³-hybridized carbons (Fsp3) is 0.538. The molecule has 8 heteroatoms. The van der Waals surface area contributed by atoms with Crippen molar-refractivity contribution in [1.82, 2.24) is 4.31 Å². The molecule has 1 aliphatic heterocycles. The Morgan fingerprint density at radius 1 is 1.10 bits per heavy atom. The van der Waals surface area contributed by atoms with Gasteiger partial charge in [-0.2, -0.15) is 4.31 Å². The van der Waals surface area contributed by atoms with Gasteiger partial charge in [0, 0.05) is 18.8 Å². The van der Waals surface area contributed by atoms with Crippen molar-refractivity contribution in [3.8, 4) is 0 Å². The fourth-order valence-corrected chi connectivity index (χ4v) is 4.78. The summed E-state index contributed by atoms with van der Waals surface area (Å²) in [5.41, 5.74) is 0. The van der Waals surface area contributed by atoms with E-state index in [2.05, 4.69) is 0 Å². The molecule has 0 aliphatic carbocycles. The summed E-state index contributed by atoms with van der Waals surface area (Å²) in [6.07, 6.45) is 3.36. The van der Waals surface area contributed by atoms with Crippen molar-refractivity contribution in [2.24, 2.45) is 0 Å². The Kier molecular flexibility index (Phi) is 4.72. The van der Waals surface area contributed by atoms with Gasteiger partial charge in [-0.1, -0.05) is 6.42 Å². The van der Waals surface area contributed by atoms with Gasteiger partial charge in [-0.05, 0) is 37.1 Å². The normalized spacial score (nSPS) is 21.3. The largest absolute Gasteiger partial charge is 0.395 e. The van der Waals surface area contributed by atoms with Crippen molar-refractivity contribution in [2.45, 2.75) is 35.1 Å². The summed E-state index contributed by atoms with van der Waals surface area (Å²) in [6.45, 7) is 0.169. The number of hydrogen-bond donors (Lipinski definition) is 1. The van der Waals surface area contributed by atoms with Crippen molar-refractivity contribution in [3.63, 3.8) is 0 Å². The minimum Gasteiger partial charge on any atom is -0.395 e. The summed E-state index contributed by atoms with van der Waals surface area (Å²) in [7, 11) is -7.06. The Morgan fingerprint density at radius 3 is 2.19 bits per heavy atom. The highest BCUT2D eigenvalue weighted by molar-refractivity contribution is 7.90. The lowest BCUT2D eigenvalue weighted by atomic mass is 10.1. The molecule has 0 spiro atoms. The Balaban J connectivity index is 2.35. The molecule has 1 unspecified atom stereocenters. The highest BCUT2D eigenvalue weighted by Crippen LogP contribution is 2.25. The molecule has 0 saturated carbocycles. The summed E-state index contributed by atoms with van der Waals surface area (Å²) in [5, 5.41) is 9.34. The van der Waals surface area contributed by atoms with Crippen LogP contribution in [0.4, 0.5) is 0 Å². The second kappa shape index (κ2) is 6.04. The maximum atomic E-state index is 12.6. The summed E-state index contributed by atoms with van der Waals surface area (Å²) in [5.74, 6) is 0. The smallest absolute Gasteiger partial charge is 0.243 e. The first-order valence-corrected chi connectivity index (χ1v) is 10.0. The number of aliphatic hydroxyl groups is 1. The lowest BCUT2D eigenvalue weighted by molar-refractivity contribution is 0.155. The molecule has 1 aromatic carbocycles. The molecular formula is C13H19NO5S2. The molecule has 1 atom stereocenters. The molecule has 21 heavy (non-hydrogen) atoms. The third-order valence-corrected chi connectivity index (χ3v) is 6.74. The third-order valence-electron chi connectivity index (χ3n) is 3.64. The lowest BCUT2D eigenvalue weighted by Crippen LogP contribution is -2.45. The number of benzene rings is 1. The van der Waals surface area contributed by atoms with Crippen LogP contribution in [-0.2, 0) is 19.9 Å². The first-order valence-electron chi connectivity index (χ1n) is 6.69. The monoisotopic (exact) mass is 333 g/mol. The Hall–Kier alpha value is -0.960. The predicted molar refractivity (Wildman–Crippen MR) is 78.2 cm³/mol. The Morgan fingerprint density at radius 2 is 1.67 bits per heavy atom. The van der Waals surface area contributed by atoms with Gasteiger partial charge in [0.1, 0.15) is 0 Å². The van der Waals surface area contributed by atoms with Crippen LogP contribution in [0.15, 0.2) is 34.1 Å². The molecular weight excluding hydrogens is 314 g/mol. The number of sulfone groups is 1. The molecule has 0 bridgehead atoms. The molecule has 1 aliphatic rings. The summed E-state index contributed by atoms with van der Waals surface area (Å²) >= 11 is 0. The van der Waals surface area contributed by atoms with Crippen LogP contribution in [0, 0.1) is 0 Å². The number of hydrogen-bond acceptors (Lipinski definition) is 5. The molecule has 1 fully saturated rings. The van der Waals surface area contributed by atoms with E-state index < -0.39 is 25.9 Å². The summed E-state index contributed by atoms with van der Waals surface area (Å²) < 4.78 is 49.3. The number of nitrogens with zero attached hydrogens (tertiary/aromatic N) is 1. The van der Waals surface area contributed by atoms with Crippen LogP contribution in [-0.4, -0.2) is 51.7 Å². The zero-order chi connectivity index (χ0) is 15.7. The van der Waals surface area contributed by atoms with E-state index in [1.54, 1.807) is 0 Å². The van der Waals surface area contributed by atoms with Crippen molar-refractivity contribution in [3.05, 3.63) is 24.3 Å². The van der Waals surface area contributed by atoms with Gasteiger partial charge in [0.05, 0.1) is 16.4 Å². The Bertz CT molecular complexity index is 695. The van der Waals surface area contributed by atoms with Crippen molar-refractivity contribution in [1.29, 1.82) is 0 Å². The van der Waals surface area contributed by atoms with E-state index in [-0.39, 0.29) is 16.4 Å². The van der Waals surface area contributed by atoms with E-state index in [9.17, 15) is 21.9 Å². The van der Waals surface area contributed by atoms with Crippen LogP contribution in [0.3, 0.4) is 0 Å². The van der Waals surface area contributed by atoms with Crippen molar-refractivity contribution < 1.29 is 21.9 Å². The lowest BCUT2D eigenvalue weighted by Gasteiger charge is -2.33. The van der Waals surface area contributed by atoms with E-state index in [1.807, 2.05) is 0 Å².